The van der Waals surface area contributed by atoms with Crippen molar-refractivity contribution in [2.75, 3.05) is 6.61 Å². The van der Waals surface area contributed by atoms with Crippen molar-refractivity contribution in [3.8, 4) is 17.0 Å². The Balaban J connectivity index is 2.41. The van der Waals surface area contributed by atoms with Crippen molar-refractivity contribution in [3.63, 3.8) is 0 Å². The first-order valence-corrected chi connectivity index (χ1v) is 6.17. The Morgan fingerprint density at radius 1 is 1.32 bits per heavy atom. The highest BCUT2D eigenvalue weighted by Crippen LogP contribution is 2.26. The Labute approximate surface area is 112 Å². The quantitative estimate of drug-likeness (QED) is 0.917. The molecule has 100 valence electrons. The van der Waals surface area contributed by atoms with Gasteiger partial charge in [0.25, 0.3) is 0 Å². The molecule has 1 N–H and O–H groups in total. The summed E-state index contributed by atoms with van der Waals surface area (Å²) in [6.07, 6.45) is 0. The number of rotatable bonds is 4. The molecule has 0 saturated carbocycles. The summed E-state index contributed by atoms with van der Waals surface area (Å²) in [5.74, 6) is -0.0825. The molecule has 1 heterocycles. The van der Waals surface area contributed by atoms with Crippen LogP contribution in [0.1, 0.15) is 23.0 Å². The molecule has 1 aromatic carbocycles. The van der Waals surface area contributed by atoms with E-state index in [0.29, 0.717) is 12.2 Å². The van der Waals surface area contributed by atoms with Crippen molar-refractivity contribution in [2.45, 2.75) is 13.8 Å². The summed E-state index contributed by atoms with van der Waals surface area (Å²) in [6, 6.07) is 9.35. The third kappa shape index (κ3) is 2.47. The monoisotopic (exact) mass is 259 g/mol. The van der Waals surface area contributed by atoms with Gasteiger partial charge in [-0.3, -0.25) is 0 Å². The summed E-state index contributed by atoms with van der Waals surface area (Å²) in [4.78, 5) is 11.1. The van der Waals surface area contributed by atoms with E-state index >= 15 is 0 Å². The molecular formula is C15H17NO3. The van der Waals surface area contributed by atoms with Gasteiger partial charge in [0.15, 0.2) is 0 Å². The van der Waals surface area contributed by atoms with Crippen LogP contribution in [0.5, 0.6) is 5.75 Å². The summed E-state index contributed by atoms with van der Waals surface area (Å²) in [5.41, 5.74) is 2.95. The van der Waals surface area contributed by atoms with Crippen LogP contribution in [0.25, 0.3) is 11.3 Å². The van der Waals surface area contributed by atoms with E-state index in [1.807, 2.05) is 49.7 Å². The van der Waals surface area contributed by atoms with Crippen LogP contribution in [0.4, 0.5) is 0 Å². The Kier molecular flexibility index (Phi) is 3.60. The predicted molar refractivity (Wildman–Crippen MR) is 73.7 cm³/mol. The zero-order valence-corrected chi connectivity index (χ0v) is 11.3. The van der Waals surface area contributed by atoms with Gasteiger partial charge in [-0.25, -0.2) is 4.79 Å². The number of ether oxygens (including phenoxy) is 1. The molecule has 0 aliphatic heterocycles. The van der Waals surface area contributed by atoms with E-state index in [1.165, 1.54) is 0 Å². The van der Waals surface area contributed by atoms with Crippen molar-refractivity contribution >= 4 is 5.97 Å². The highest BCUT2D eigenvalue weighted by atomic mass is 16.5. The molecule has 0 bridgehead atoms. The molecule has 0 aliphatic carbocycles. The minimum atomic E-state index is -0.898. The first kappa shape index (κ1) is 13.2. The van der Waals surface area contributed by atoms with Gasteiger partial charge in [0.2, 0.25) is 0 Å². The molecule has 2 rings (SSSR count). The normalized spacial score (nSPS) is 10.5. The number of benzene rings is 1. The van der Waals surface area contributed by atoms with Gasteiger partial charge in [-0.05, 0) is 49.7 Å². The molecule has 2 aromatic rings. The van der Waals surface area contributed by atoms with Gasteiger partial charge < -0.3 is 14.4 Å². The van der Waals surface area contributed by atoms with Crippen LogP contribution in [0.3, 0.4) is 0 Å². The van der Waals surface area contributed by atoms with E-state index in [9.17, 15) is 4.79 Å². The average molecular weight is 259 g/mol. The summed E-state index contributed by atoms with van der Waals surface area (Å²) in [7, 11) is 1.87. The van der Waals surface area contributed by atoms with Crippen LogP contribution in [-0.2, 0) is 7.05 Å². The standard InChI is InChI=1S/C15H17NO3/c1-4-19-12-7-5-11(6-8-12)14-9-13(15(17)18)10(2)16(14)3/h5-9H,4H2,1-3H3,(H,17,18). The van der Waals surface area contributed by atoms with Gasteiger partial charge in [0.05, 0.1) is 12.2 Å². The minimum absolute atomic E-state index is 0.339. The summed E-state index contributed by atoms with van der Waals surface area (Å²) in [5, 5.41) is 9.13. The molecule has 0 fully saturated rings. The van der Waals surface area contributed by atoms with Crippen molar-refractivity contribution in [1.82, 2.24) is 4.57 Å². The van der Waals surface area contributed by atoms with E-state index in [1.54, 1.807) is 6.07 Å². The van der Waals surface area contributed by atoms with Crippen molar-refractivity contribution in [2.24, 2.45) is 7.05 Å². The van der Waals surface area contributed by atoms with E-state index < -0.39 is 5.97 Å². The predicted octanol–water partition coefficient (Wildman–Crippen LogP) is 3.10. The summed E-state index contributed by atoms with van der Waals surface area (Å²) < 4.78 is 7.28. The zero-order valence-electron chi connectivity index (χ0n) is 11.3. The molecule has 4 nitrogen and oxygen atoms in total. The first-order valence-electron chi connectivity index (χ1n) is 6.17. The number of carboxylic acid groups (broad SMARTS) is 1. The number of nitrogens with zero attached hydrogens (tertiary/aromatic N) is 1. The molecular weight excluding hydrogens is 242 g/mol. The smallest absolute Gasteiger partial charge is 0.337 e. The number of carbonyl (C=O) groups is 1. The van der Waals surface area contributed by atoms with Gasteiger partial charge >= 0.3 is 5.97 Å². The lowest BCUT2D eigenvalue weighted by Gasteiger charge is -2.07. The third-order valence-corrected chi connectivity index (χ3v) is 3.23. The SMILES string of the molecule is CCOc1ccc(-c2cc(C(=O)O)c(C)n2C)cc1. The second-order valence-corrected chi connectivity index (χ2v) is 4.35. The third-order valence-electron chi connectivity index (χ3n) is 3.23. The molecule has 0 atom stereocenters. The van der Waals surface area contributed by atoms with Gasteiger partial charge in [0, 0.05) is 18.4 Å². The Hall–Kier alpha value is -2.23. The number of hydrogen-bond donors (Lipinski definition) is 1. The zero-order chi connectivity index (χ0) is 14.0. The molecule has 0 radical (unpaired) electrons. The fourth-order valence-corrected chi connectivity index (χ4v) is 2.08. The van der Waals surface area contributed by atoms with Crippen LogP contribution < -0.4 is 4.74 Å². The van der Waals surface area contributed by atoms with E-state index in [0.717, 1.165) is 22.7 Å². The molecule has 0 aliphatic rings. The maximum atomic E-state index is 11.1. The highest BCUT2D eigenvalue weighted by molar-refractivity contribution is 5.91. The highest BCUT2D eigenvalue weighted by Gasteiger charge is 2.15. The fraction of sp³-hybridized carbons (Fsp3) is 0.267. The maximum absolute atomic E-state index is 11.1. The summed E-state index contributed by atoms with van der Waals surface area (Å²) in [6.45, 7) is 4.38. The number of carboxylic acids is 1. The van der Waals surface area contributed by atoms with Crippen molar-refractivity contribution in [3.05, 3.63) is 41.6 Å². The Bertz CT molecular complexity index is 597. The van der Waals surface area contributed by atoms with Crippen LogP contribution in [0, 0.1) is 6.92 Å². The molecule has 19 heavy (non-hydrogen) atoms. The molecule has 4 heteroatoms. The van der Waals surface area contributed by atoms with Crippen LogP contribution in [-0.4, -0.2) is 22.2 Å². The van der Waals surface area contributed by atoms with Gasteiger partial charge in [-0.2, -0.15) is 0 Å². The second-order valence-electron chi connectivity index (χ2n) is 4.35. The van der Waals surface area contributed by atoms with Gasteiger partial charge in [0.1, 0.15) is 5.75 Å². The maximum Gasteiger partial charge on any atom is 0.337 e. The first-order chi connectivity index (χ1) is 9.04. The lowest BCUT2D eigenvalue weighted by atomic mass is 10.1. The van der Waals surface area contributed by atoms with Crippen LogP contribution in [0.2, 0.25) is 0 Å². The van der Waals surface area contributed by atoms with Crippen LogP contribution >= 0.6 is 0 Å². The van der Waals surface area contributed by atoms with Crippen molar-refractivity contribution < 1.29 is 14.6 Å². The lowest BCUT2D eigenvalue weighted by Crippen LogP contribution is -1.99. The number of hydrogen-bond acceptors (Lipinski definition) is 2. The topological polar surface area (TPSA) is 51.5 Å². The van der Waals surface area contributed by atoms with Crippen LogP contribution in [0.15, 0.2) is 30.3 Å². The van der Waals surface area contributed by atoms with E-state index in [4.69, 9.17) is 9.84 Å². The van der Waals surface area contributed by atoms with E-state index in [-0.39, 0.29) is 0 Å². The average Bonchev–Trinajstić information content (AvgIpc) is 2.68. The largest absolute Gasteiger partial charge is 0.494 e. The van der Waals surface area contributed by atoms with Gasteiger partial charge in [-0.1, -0.05) is 0 Å². The minimum Gasteiger partial charge on any atom is -0.494 e. The van der Waals surface area contributed by atoms with Crippen molar-refractivity contribution in [1.29, 1.82) is 0 Å². The molecule has 0 spiro atoms. The molecule has 1 aromatic heterocycles. The fourth-order valence-electron chi connectivity index (χ4n) is 2.08. The Morgan fingerprint density at radius 3 is 2.42 bits per heavy atom. The number of aromatic carboxylic acids is 1. The van der Waals surface area contributed by atoms with Gasteiger partial charge in [-0.15, -0.1) is 0 Å². The van der Waals surface area contributed by atoms with E-state index in [2.05, 4.69) is 0 Å². The number of aromatic nitrogens is 1. The second kappa shape index (κ2) is 5.18. The molecule has 0 unspecified atom stereocenters. The lowest BCUT2D eigenvalue weighted by molar-refractivity contribution is 0.0696. The summed E-state index contributed by atoms with van der Waals surface area (Å²) >= 11 is 0. The molecule has 0 saturated heterocycles. The molecule has 0 amide bonds. The Morgan fingerprint density at radius 2 is 1.95 bits per heavy atom.